The SMILES string of the molecule is CC1(C)CC1C(=O)N1CC2CN(c3ccc(Cl)cn3)CC2C1. The molecule has 22 heavy (non-hydrogen) atoms. The Morgan fingerprint density at radius 2 is 1.86 bits per heavy atom. The van der Waals surface area contributed by atoms with Crippen LogP contribution in [0.25, 0.3) is 0 Å². The van der Waals surface area contributed by atoms with E-state index in [1.807, 2.05) is 12.1 Å². The van der Waals surface area contributed by atoms with Crippen molar-refractivity contribution in [3.05, 3.63) is 23.4 Å². The van der Waals surface area contributed by atoms with Gasteiger partial charge in [0.05, 0.1) is 5.02 Å². The summed E-state index contributed by atoms with van der Waals surface area (Å²) in [6.07, 6.45) is 2.76. The molecule has 0 N–H and O–H groups in total. The normalized spacial score (nSPS) is 32.2. The maximum atomic E-state index is 12.5. The van der Waals surface area contributed by atoms with Crippen molar-refractivity contribution >= 4 is 23.3 Å². The summed E-state index contributed by atoms with van der Waals surface area (Å²) in [4.78, 5) is 21.4. The fourth-order valence-electron chi connectivity index (χ4n) is 4.02. The van der Waals surface area contributed by atoms with Crippen LogP contribution < -0.4 is 4.90 Å². The standard InChI is InChI=1S/C17H22ClN3O/c1-17(2)5-14(17)16(22)21-9-11-7-20(8-12(11)10-21)15-4-3-13(18)6-19-15/h3-4,6,11-12,14H,5,7-10H2,1-2H3. The highest BCUT2D eigenvalue weighted by Gasteiger charge is 2.54. The second-order valence-electron chi connectivity index (χ2n) is 7.75. The summed E-state index contributed by atoms with van der Waals surface area (Å²) in [5, 5.41) is 0.673. The Labute approximate surface area is 136 Å². The zero-order valence-corrected chi connectivity index (χ0v) is 13.9. The number of carbonyl (C=O) groups excluding carboxylic acids is 1. The molecule has 0 aromatic carbocycles. The van der Waals surface area contributed by atoms with Gasteiger partial charge in [-0.3, -0.25) is 4.79 Å². The van der Waals surface area contributed by atoms with Gasteiger partial charge in [-0.15, -0.1) is 0 Å². The minimum absolute atomic E-state index is 0.230. The van der Waals surface area contributed by atoms with Crippen molar-refractivity contribution in [2.24, 2.45) is 23.2 Å². The quantitative estimate of drug-likeness (QED) is 0.841. The number of hydrogen-bond donors (Lipinski definition) is 0. The molecule has 1 amide bonds. The predicted molar refractivity (Wildman–Crippen MR) is 86.9 cm³/mol. The second kappa shape index (κ2) is 4.85. The Morgan fingerprint density at radius 1 is 1.23 bits per heavy atom. The third-order valence-corrected chi connectivity index (χ3v) is 5.87. The van der Waals surface area contributed by atoms with Gasteiger partial charge in [-0.2, -0.15) is 0 Å². The number of rotatable bonds is 2. The lowest BCUT2D eigenvalue weighted by molar-refractivity contribution is -0.132. The average Bonchev–Trinajstić information content (AvgIpc) is 2.82. The zero-order chi connectivity index (χ0) is 15.5. The summed E-state index contributed by atoms with van der Waals surface area (Å²) in [6, 6.07) is 3.88. The van der Waals surface area contributed by atoms with Gasteiger partial charge >= 0.3 is 0 Å². The molecule has 0 bridgehead atoms. The lowest BCUT2D eigenvalue weighted by atomic mass is 10.0. The first-order valence-electron chi connectivity index (χ1n) is 8.09. The van der Waals surface area contributed by atoms with E-state index in [1.54, 1.807) is 6.20 Å². The predicted octanol–water partition coefficient (Wildman–Crippen LogP) is 2.68. The molecular weight excluding hydrogens is 298 g/mol. The Hall–Kier alpha value is -1.29. The highest BCUT2D eigenvalue weighted by Crippen LogP contribution is 2.53. The summed E-state index contributed by atoms with van der Waals surface area (Å²) >= 11 is 5.90. The van der Waals surface area contributed by atoms with Crippen LogP contribution in [0.2, 0.25) is 5.02 Å². The summed E-state index contributed by atoms with van der Waals surface area (Å²) in [5.41, 5.74) is 0.230. The van der Waals surface area contributed by atoms with E-state index in [4.69, 9.17) is 11.6 Å². The van der Waals surface area contributed by atoms with Crippen LogP contribution in [0.15, 0.2) is 18.3 Å². The number of nitrogens with zero attached hydrogens (tertiary/aromatic N) is 3. The topological polar surface area (TPSA) is 36.4 Å². The van der Waals surface area contributed by atoms with E-state index in [0.29, 0.717) is 22.8 Å². The minimum atomic E-state index is 0.230. The van der Waals surface area contributed by atoms with E-state index < -0.39 is 0 Å². The van der Waals surface area contributed by atoms with Gasteiger partial charge in [0, 0.05) is 50.1 Å². The molecule has 118 valence electrons. The molecule has 1 aliphatic carbocycles. The highest BCUT2D eigenvalue weighted by atomic mass is 35.5. The number of anilines is 1. The number of likely N-dealkylation sites (tertiary alicyclic amines) is 1. The summed E-state index contributed by atoms with van der Waals surface area (Å²) in [7, 11) is 0. The van der Waals surface area contributed by atoms with Gasteiger partial charge < -0.3 is 9.80 Å². The van der Waals surface area contributed by atoms with Crippen molar-refractivity contribution < 1.29 is 4.79 Å². The lowest BCUT2D eigenvalue weighted by Crippen LogP contribution is -2.35. The Kier molecular flexibility index (Phi) is 3.16. The maximum absolute atomic E-state index is 12.5. The molecule has 2 saturated heterocycles. The third kappa shape index (κ3) is 2.37. The summed E-state index contributed by atoms with van der Waals surface area (Å²) in [5.74, 6) is 2.82. The molecular formula is C17H22ClN3O. The van der Waals surface area contributed by atoms with Gasteiger partial charge in [0.15, 0.2) is 0 Å². The van der Waals surface area contributed by atoms with Crippen LogP contribution in [0.5, 0.6) is 0 Å². The van der Waals surface area contributed by atoms with Crippen molar-refractivity contribution in [1.82, 2.24) is 9.88 Å². The molecule has 2 aliphatic heterocycles. The number of aromatic nitrogens is 1. The number of pyridine rings is 1. The zero-order valence-electron chi connectivity index (χ0n) is 13.1. The van der Waals surface area contributed by atoms with Gasteiger partial charge in [-0.1, -0.05) is 25.4 Å². The molecule has 0 spiro atoms. The third-order valence-electron chi connectivity index (χ3n) is 5.65. The van der Waals surface area contributed by atoms with Gasteiger partial charge in [-0.25, -0.2) is 4.98 Å². The molecule has 3 aliphatic rings. The Morgan fingerprint density at radius 3 is 2.36 bits per heavy atom. The van der Waals surface area contributed by atoms with Crippen LogP contribution in [0, 0.1) is 23.2 Å². The summed E-state index contributed by atoms with van der Waals surface area (Å²) in [6.45, 7) is 8.22. The highest BCUT2D eigenvalue weighted by molar-refractivity contribution is 6.30. The van der Waals surface area contributed by atoms with E-state index in [-0.39, 0.29) is 11.3 Å². The molecule has 3 atom stereocenters. The van der Waals surface area contributed by atoms with Crippen molar-refractivity contribution in [2.75, 3.05) is 31.1 Å². The van der Waals surface area contributed by atoms with Crippen LogP contribution in [-0.4, -0.2) is 42.0 Å². The first kappa shape index (κ1) is 14.3. The molecule has 1 aromatic rings. The molecule has 4 nitrogen and oxygen atoms in total. The molecule has 3 fully saturated rings. The van der Waals surface area contributed by atoms with Gasteiger partial charge in [0.25, 0.3) is 0 Å². The van der Waals surface area contributed by atoms with Crippen LogP contribution in [0.3, 0.4) is 0 Å². The average molecular weight is 320 g/mol. The van der Waals surface area contributed by atoms with Gasteiger partial charge in [0.1, 0.15) is 5.82 Å². The van der Waals surface area contributed by atoms with E-state index in [1.165, 1.54) is 0 Å². The first-order chi connectivity index (χ1) is 10.4. The largest absolute Gasteiger partial charge is 0.356 e. The van der Waals surface area contributed by atoms with Crippen LogP contribution >= 0.6 is 11.6 Å². The van der Waals surface area contributed by atoms with Crippen LogP contribution in [0.4, 0.5) is 5.82 Å². The molecule has 5 heteroatoms. The van der Waals surface area contributed by atoms with Crippen molar-refractivity contribution in [3.8, 4) is 0 Å². The fourth-order valence-corrected chi connectivity index (χ4v) is 4.14. The number of halogens is 1. The van der Waals surface area contributed by atoms with E-state index in [2.05, 4.69) is 28.6 Å². The molecule has 3 unspecified atom stereocenters. The molecule has 0 radical (unpaired) electrons. The Balaban J connectivity index is 1.38. The monoisotopic (exact) mass is 319 g/mol. The van der Waals surface area contributed by atoms with Crippen molar-refractivity contribution in [3.63, 3.8) is 0 Å². The number of carbonyl (C=O) groups is 1. The van der Waals surface area contributed by atoms with Crippen molar-refractivity contribution in [2.45, 2.75) is 20.3 Å². The molecule has 1 aromatic heterocycles. The van der Waals surface area contributed by atoms with Gasteiger partial charge in [0.2, 0.25) is 5.91 Å². The number of amides is 1. The molecule has 1 saturated carbocycles. The Bertz CT molecular complexity index is 586. The van der Waals surface area contributed by atoms with Crippen molar-refractivity contribution in [1.29, 1.82) is 0 Å². The lowest BCUT2D eigenvalue weighted by Gasteiger charge is -2.23. The molecule has 3 heterocycles. The first-order valence-corrected chi connectivity index (χ1v) is 8.47. The van der Waals surface area contributed by atoms with E-state index in [9.17, 15) is 4.79 Å². The van der Waals surface area contributed by atoms with Gasteiger partial charge in [-0.05, 0) is 24.0 Å². The fraction of sp³-hybridized carbons (Fsp3) is 0.647. The smallest absolute Gasteiger partial charge is 0.226 e. The maximum Gasteiger partial charge on any atom is 0.226 e. The second-order valence-corrected chi connectivity index (χ2v) is 8.18. The number of hydrogen-bond acceptors (Lipinski definition) is 3. The summed E-state index contributed by atoms with van der Waals surface area (Å²) < 4.78 is 0. The van der Waals surface area contributed by atoms with E-state index >= 15 is 0 Å². The minimum Gasteiger partial charge on any atom is -0.356 e. The van der Waals surface area contributed by atoms with E-state index in [0.717, 1.165) is 38.4 Å². The number of fused-ring (bicyclic) bond motifs is 1. The van der Waals surface area contributed by atoms with Crippen LogP contribution in [-0.2, 0) is 4.79 Å². The molecule has 4 rings (SSSR count). The van der Waals surface area contributed by atoms with Crippen LogP contribution in [0.1, 0.15) is 20.3 Å².